The van der Waals surface area contributed by atoms with Crippen molar-refractivity contribution in [2.75, 3.05) is 0 Å². The zero-order chi connectivity index (χ0) is 16.2. The predicted molar refractivity (Wildman–Crippen MR) is 101 cm³/mol. The molecule has 2 heteroatoms. The Balaban J connectivity index is 1.82. The van der Waals surface area contributed by atoms with Crippen molar-refractivity contribution in [3.63, 3.8) is 0 Å². The molecule has 120 valence electrons. The molecule has 0 unspecified atom stereocenters. The molecule has 1 N–H and O–H groups in total. The lowest BCUT2D eigenvalue weighted by Crippen LogP contribution is -2.23. The van der Waals surface area contributed by atoms with Crippen molar-refractivity contribution in [3.8, 4) is 0 Å². The van der Waals surface area contributed by atoms with Gasteiger partial charge in [-0.1, -0.05) is 73.2 Å². The Hall–Kier alpha value is -2.61. The zero-order valence-electron chi connectivity index (χ0n) is 13.8. The van der Waals surface area contributed by atoms with E-state index in [1.807, 2.05) is 0 Å². The van der Waals surface area contributed by atoms with Crippen molar-refractivity contribution in [2.24, 2.45) is 5.10 Å². The Morgan fingerprint density at radius 2 is 1.46 bits per heavy atom. The number of nitrogens with zero attached hydrogens (tertiary/aromatic N) is 1. The van der Waals surface area contributed by atoms with Crippen LogP contribution < -0.4 is 5.43 Å². The van der Waals surface area contributed by atoms with Crippen molar-refractivity contribution >= 4 is 11.4 Å². The van der Waals surface area contributed by atoms with E-state index >= 15 is 0 Å². The molecule has 2 aliphatic rings. The van der Waals surface area contributed by atoms with Gasteiger partial charge >= 0.3 is 0 Å². The summed E-state index contributed by atoms with van der Waals surface area (Å²) in [5.41, 5.74) is 10.7. The molecule has 0 aromatic heterocycles. The Morgan fingerprint density at radius 3 is 2.21 bits per heavy atom. The molecule has 0 saturated heterocycles. The summed E-state index contributed by atoms with van der Waals surface area (Å²) >= 11 is 0. The fourth-order valence-corrected chi connectivity index (χ4v) is 3.53. The number of hydrazone groups is 1. The minimum atomic E-state index is 1.08. The highest BCUT2D eigenvalue weighted by molar-refractivity contribution is 6.17. The summed E-state index contributed by atoms with van der Waals surface area (Å²) in [6.45, 7) is 0. The molecule has 0 atom stereocenters. The largest absolute Gasteiger partial charge is 0.277 e. The van der Waals surface area contributed by atoms with Gasteiger partial charge in [0.2, 0.25) is 0 Å². The molecule has 2 aromatic rings. The Kier molecular flexibility index (Phi) is 4.28. The fourth-order valence-electron chi connectivity index (χ4n) is 3.53. The first-order chi connectivity index (χ1) is 11.9. The van der Waals surface area contributed by atoms with Crippen LogP contribution in [0.1, 0.15) is 43.2 Å². The SMILES string of the molecule is C1=C2C(c3ccccc3)=NNC(c3ccccc3)=C2CCCCC1. The molecule has 0 fully saturated rings. The van der Waals surface area contributed by atoms with Crippen LogP contribution in [0, 0.1) is 0 Å². The third kappa shape index (κ3) is 2.92. The van der Waals surface area contributed by atoms with Gasteiger partial charge in [0.1, 0.15) is 0 Å². The number of rotatable bonds is 2. The smallest absolute Gasteiger partial charge is 0.0978 e. The first-order valence-electron chi connectivity index (χ1n) is 8.82. The summed E-state index contributed by atoms with van der Waals surface area (Å²) in [5, 5.41) is 4.75. The van der Waals surface area contributed by atoms with Crippen LogP contribution in [0.3, 0.4) is 0 Å². The number of hydrogen-bond acceptors (Lipinski definition) is 2. The highest BCUT2D eigenvalue weighted by Crippen LogP contribution is 2.34. The molecule has 0 amide bonds. The van der Waals surface area contributed by atoms with Crippen molar-refractivity contribution < 1.29 is 0 Å². The first-order valence-corrected chi connectivity index (χ1v) is 8.82. The average Bonchev–Trinajstić information content (AvgIpc) is 2.63. The second-order valence-corrected chi connectivity index (χ2v) is 6.37. The van der Waals surface area contributed by atoms with Gasteiger partial charge < -0.3 is 0 Å². The minimum Gasteiger partial charge on any atom is -0.277 e. The lowest BCUT2D eigenvalue weighted by Gasteiger charge is -2.26. The van der Waals surface area contributed by atoms with Crippen molar-refractivity contribution in [3.05, 3.63) is 89.0 Å². The van der Waals surface area contributed by atoms with E-state index in [1.165, 1.54) is 47.2 Å². The maximum Gasteiger partial charge on any atom is 0.0978 e. The zero-order valence-corrected chi connectivity index (χ0v) is 13.8. The topological polar surface area (TPSA) is 24.4 Å². The Morgan fingerprint density at radius 1 is 0.750 bits per heavy atom. The second-order valence-electron chi connectivity index (χ2n) is 6.37. The average molecular weight is 314 g/mol. The molecular weight excluding hydrogens is 292 g/mol. The minimum absolute atomic E-state index is 1.08. The van der Waals surface area contributed by atoms with E-state index < -0.39 is 0 Å². The van der Waals surface area contributed by atoms with Crippen LogP contribution >= 0.6 is 0 Å². The summed E-state index contributed by atoms with van der Waals surface area (Å²) in [7, 11) is 0. The van der Waals surface area contributed by atoms with Gasteiger partial charge in [-0.15, -0.1) is 0 Å². The van der Waals surface area contributed by atoms with Crippen LogP contribution in [0.2, 0.25) is 0 Å². The Bertz CT molecular complexity index is 798. The van der Waals surface area contributed by atoms with E-state index in [9.17, 15) is 0 Å². The van der Waals surface area contributed by atoms with Gasteiger partial charge in [-0.05, 0) is 36.8 Å². The molecule has 1 heterocycles. The predicted octanol–water partition coefficient (Wildman–Crippen LogP) is 5.30. The lowest BCUT2D eigenvalue weighted by molar-refractivity contribution is 0.673. The molecule has 1 aliphatic carbocycles. The standard InChI is InChI=1S/C22H22N2/c1-2-10-16-20-19(15-9-1)21(17-11-5-3-6-12-17)23-24-22(20)18-13-7-4-8-14-18/h3-8,11-15,24H,1-2,9-10,16H2. The quantitative estimate of drug-likeness (QED) is 0.799. The molecule has 0 spiro atoms. The summed E-state index contributed by atoms with van der Waals surface area (Å²) in [6, 6.07) is 21.1. The molecule has 1 aliphatic heterocycles. The summed E-state index contributed by atoms with van der Waals surface area (Å²) in [6.07, 6.45) is 8.44. The van der Waals surface area contributed by atoms with Crippen LogP contribution in [0.5, 0.6) is 0 Å². The van der Waals surface area contributed by atoms with E-state index in [4.69, 9.17) is 5.10 Å². The number of fused-ring (bicyclic) bond motifs is 1. The van der Waals surface area contributed by atoms with Crippen molar-refractivity contribution in [1.82, 2.24) is 5.43 Å². The van der Waals surface area contributed by atoms with Crippen LogP contribution in [0.15, 0.2) is 83.0 Å². The maximum absolute atomic E-state index is 4.75. The first kappa shape index (κ1) is 14.9. The summed E-state index contributed by atoms with van der Waals surface area (Å²) in [5.74, 6) is 0. The van der Waals surface area contributed by atoms with Gasteiger partial charge in [0.05, 0.1) is 11.4 Å². The molecular formula is C22H22N2. The monoisotopic (exact) mass is 314 g/mol. The van der Waals surface area contributed by atoms with Crippen LogP contribution in [0.25, 0.3) is 5.70 Å². The van der Waals surface area contributed by atoms with Crippen LogP contribution in [-0.4, -0.2) is 5.71 Å². The normalized spacial score (nSPS) is 17.8. The van der Waals surface area contributed by atoms with Gasteiger partial charge in [-0.25, -0.2) is 0 Å². The molecule has 0 saturated carbocycles. The molecule has 4 rings (SSSR count). The number of nitrogens with one attached hydrogen (secondary N) is 1. The van der Waals surface area contributed by atoms with Gasteiger partial charge in [0, 0.05) is 11.1 Å². The van der Waals surface area contributed by atoms with Gasteiger partial charge in [-0.2, -0.15) is 5.10 Å². The third-order valence-corrected chi connectivity index (χ3v) is 4.75. The van der Waals surface area contributed by atoms with E-state index in [2.05, 4.69) is 72.2 Å². The molecule has 2 nitrogen and oxygen atoms in total. The maximum atomic E-state index is 4.75. The van der Waals surface area contributed by atoms with Gasteiger partial charge in [0.15, 0.2) is 0 Å². The Labute approximate surface area is 143 Å². The fraction of sp³-hybridized carbons (Fsp3) is 0.227. The highest BCUT2D eigenvalue weighted by atomic mass is 15.3. The van der Waals surface area contributed by atoms with Gasteiger partial charge in [-0.3, -0.25) is 5.43 Å². The number of allylic oxidation sites excluding steroid dienone is 3. The lowest BCUT2D eigenvalue weighted by atomic mass is 9.86. The highest BCUT2D eigenvalue weighted by Gasteiger charge is 2.23. The van der Waals surface area contributed by atoms with E-state index in [0.717, 1.165) is 18.6 Å². The second kappa shape index (κ2) is 6.88. The van der Waals surface area contributed by atoms with Crippen LogP contribution in [0.4, 0.5) is 0 Å². The molecule has 0 bridgehead atoms. The van der Waals surface area contributed by atoms with E-state index in [0.29, 0.717) is 0 Å². The van der Waals surface area contributed by atoms with Crippen molar-refractivity contribution in [1.29, 1.82) is 0 Å². The van der Waals surface area contributed by atoms with E-state index in [-0.39, 0.29) is 0 Å². The third-order valence-electron chi connectivity index (χ3n) is 4.75. The van der Waals surface area contributed by atoms with Crippen LogP contribution in [-0.2, 0) is 0 Å². The van der Waals surface area contributed by atoms with Gasteiger partial charge in [0.25, 0.3) is 0 Å². The molecule has 2 aromatic carbocycles. The number of benzene rings is 2. The number of hydrogen-bond donors (Lipinski definition) is 1. The van der Waals surface area contributed by atoms with Crippen molar-refractivity contribution in [2.45, 2.75) is 32.1 Å². The summed E-state index contributed by atoms with van der Waals surface area (Å²) < 4.78 is 0. The van der Waals surface area contributed by atoms with E-state index in [1.54, 1.807) is 0 Å². The molecule has 24 heavy (non-hydrogen) atoms. The molecule has 0 radical (unpaired) electrons. The summed E-state index contributed by atoms with van der Waals surface area (Å²) in [4.78, 5) is 0.